The van der Waals surface area contributed by atoms with E-state index >= 15 is 0 Å². The molecule has 0 spiro atoms. The molecule has 0 radical (unpaired) electrons. The number of nitro groups is 1. The highest BCUT2D eigenvalue weighted by Crippen LogP contribution is 2.36. The van der Waals surface area contributed by atoms with E-state index in [-0.39, 0.29) is 23.0 Å². The standard InChI is InChI=1S/C12H15ClN2O5/c1-20-5-3-2-4-11(16)14-9-6-8(13)7-10(12(9)17)15(18)19/h6-7,17H,2-5H2,1H3,(H,14,16). The van der Waals surface area contributed by atoms with E-state index < -0.39 is 16.4 Å². The van der Waals surface area contributed by atoms with Crippen LogP contribution in [-0.4, -0.2) is 29.7 Å². The largest absolute Gasteiger partial charge is 0.501 e. The highest BCUT2D eigenvalue weighted by molar-refractivity contribution is 6.31. The Balaban J connectivity index is 2.72. The second-order valence-electron chi connectivity index (χ2n) is 4.08. The number of nitro benzene ring substituents is 1. The number of nitrogens with zero attached hydrogens (tertiary/aromatic N) is 1. The van der Waals surface area contributed by atoms with Crippen LogP contribution >= 0.6 is 11.6 Å². The average Bonchev–Trinajstić information content (AvgIpc) is 2.38. The number of carbonyl (C=O) groups excluding carboxylic acids is 1. The van der Waals surface area contributed by atoms with E-state index in [9.17, 15) is 20.0 Å². The Morgan fingerprint density at radius 3 is 2.80 bits per heavy atom. The number of ether oxygens (including phenoxy) is 1. The van der Waals surface area contributed by atoms with Crippen molar-refractivity contribution >= 4 is 28.9 Å². The molecule has 2 N–H and O–H groups in total. The van der Waals surface area contributed by atoms with Crippen LogP contribution in [0.5, 0.6) is 5.75 Å². The third-order valence-electron chi connectivity index (χ3n) is 2.53. The summed E-state index contributed by atoms with van der Waals surface area (Å²) in [6.07, 6.45) is 1.57. The van der Waals surface area contributed by atoms with E-state index in [1.807, 2.05) is 0 Å². The Bertz CT molecular complexity index is 507. The van der Waals surface area contributed by atoms with Gasteiger partial charge in [0.1, 0.15) is 0 Å². The molecular weight excluding hydrogens is 288 g/mol. The molecule has 0 heterocycles. The van der Waals surface area contributed by atoms with Crippen LogP contribution in [0, 0.1) is 10.1 Å². The molecule has 1 amide bonds. The first-order chi connectivity index (χ1) is 9.45. The topological polar surface area (TPSA) is 102 Å². The van der Waals surface area contributed by atoms with Gasteiger partial charge in [0, 0.05) is 31.2 Å². The maximum atomic E-state index is 11.6. The van der Waals surface area contributed by atoms with E-state index in [2.05, 4.69) is 5.32 Å². The van der Waals surface area contributed by atoms with Crippen molar-refractivity contribution in [2.24, 2.45) is 0 Å². The number of halogens is 1. The molecule has 1 aromatic carbocycles. The summed E-state index contributed by atoms with van der Waals surface area (Å²) in [6.45, 7) is 0.557. The van der Waals surface area contributed by atoms with Crippen molar-refractivity contribution in [1.29, 1.82) is 0 Å². The van der Waals surface area contributed by atoms with Crippen molar-refractivity contribution in [3.05, 3.63) is 27.3 Å². The number of amides is 1. The van der Waals surface area contributed by atoms with Gasteiger partial charge in [-0.05, 0) is 18.9 Å². The molecule has 0 saturated heterocycles. The molecule has 7 nitrogen and oxygen atoms in total. The number of carbonyl (C=O) groups is 1. The van der Waals surface area contributed by atoms with Gasteiger partial charge in [-0.2, -0.15) is 0 Å². The molecule has 0 aliphatic heterocycles. The number of unbranched alkanes of at least 4 members (excludes halogenated alkanes) is 1. The van der Waals surface area contributed by atoms with Gasteiger partial charge in [0.05, 0.1) is 10.6 Å². The van der Waals surface area contributed by atoms with Gasteiger partial charge < -0.3 is 15.2 Å². The Morgan fingerprint density at radius 2 is 2.20 bits per heavy atom. The molecule has 0 bridgehead atoms. The summed E-state index contributed by atoms with van der Waals surface area (Å²) >= 11 is 5.71. The monoisotopic (exact) mass is 302 g/mol. The van der Waals surface area contributed by atoms with Gasteiger partial charge in [-0.15, -0.1) is 0 Å². The number of phenols is 1. The van der Waals surface area contributed by atoms with Gasteiger partial charge in [0.2, 0.25) is 11.7 Å². The molecule has 0 atom stereocenters. The molecule has 0 saturated carbocycles. The van der Waals surface area contributed by atoms with Crippen molar-refractivity contribution in [2.75, 3.05) is 19.0 Å². The molecule has 1 aromatic rings. The molecular formula is C12H15ClN2O5. The Hall–Kier alpha value is -1.86. The number of hydrogen-bond donors (Lipinski definition) is 2. The minimum absolute atomic E-state index is 0.0594. The first-order valence-corrected chi connectivity index (χ1v) is 6.29. The van der Waals surface area contributed by atoms with Crippen LogP contribution in [0.3, 0.4) is 0 Å². The molecule has 8 heteroatoms. The summed E-state index contributed by atoms with van der Waals surface area (Å²) in [5, 5.41) is 22.9. The van der Waals surface area contributed by atoms with Gasteiger partial charge in [-0.25, -0.2) is 0 Å². The van der Waals surface area contributed by atoms with Gasteiger partial charge in [-0.1, -0.05) is 11.6 Å². The zero-order chi connectivity index (χ0) is 15.1. The number of benzene rings is 1. The number of phenolic OH excluding ortho intramolecular Hbond substituents is 1. The van der Waals surface area contributed by atoms with Gasteiger partial charge in [-0.3, -0.25) is 14.9 Å². The Morgan fingerprint density at radius 1 is 1.50 bits per heavy atom. The number of rotatable bonds is 7. The van der Waals surface area contributed by atoms with Crippen LogP contribution in [0.1, 0.15) is 19.3 Å². The zero-order valence-electron chi connectivity index (χ0n) is 10.9. The lowest BCUT2D eigenvalue weighted by Crippen LogP contribution is -2.12. The summed E-state index contributed by atoms with van der Waals surface area (Å²) in [4.78, 5) is 21.6. The first-order valence-electron chi connectivity index (χ1n) is 5.91. The quantitative estimate of drug-likeness (QED) is 0.349. The van der Waals surface area contributed by atoms with Crippen molar-refractivity contribution in [1.82, 2.24) is 0 Å². The maximum absolute atomic E-state index is 11.6. The number of nitrogens with one attached hydrogen (secondary N) is 1. The maximum Gasteiger partial charge on any atom is 0.314 e. The SMILES string of the molecule is COCCCCC(=O)Nc1cc(Cl)cc([N+](=O)[O-])c1O. The molecule has 0 unspecified atom stereocenters. The Kier molecular flexibility index (Phi) is 6.20. The predicted molar refractivity (Wildman–Crippen MR) is 74.1 cm³/mol. The molecule has 0 aromatic heterocycles. The fourth-order valence-corrected chi connectivity index (χ4v) is 1.78. The van der Waals surface area contributed by atoms with Gasteiger partial charge in [0.25, 0.3) is 0 Å². The predicted octanol–water partition coefficient (Wildman–Crippen LogP) is 2.71. The Labute approximate surface area is 120 Å². The number of methoxy groups -OCH3 is 1. The van der Waals surface area contributed by atoms with Crippen LogP contribution in [0.2, 0.25) is 5.02 Å². The van der Waals surface area contributed by atoms with Crippen molar-refractivity contribution in [3.8, 4) is 5.75 Å². The number of anilines is 1. The summed E-state index contributed by atoms with van der Waals surface area (Å²) in [5.41, 5.74) is -0.617. The fourth-order valence-electron chi connectivity index (χ4n) is 1.56. The summed E-state index contributed by atoms with van der Waals surface area (Å²) in [7, 11) is 1.57. The second kappa shape index (κ2) is 7.66. The molecule has 1 rings (SSSR count). The van der Waals surface area contributed by atoms with E-state index in [1.54, 1.807) is 7.11 Å². The smallest absolute Gasteiger partial charge is 0.314 e. The number of aromatic hydroxyl groups is 1. The number of hydrogen-bond acceptors (Lipinski definition) is 5. The normalized spacial score (nSPS) is 10.3. The average molecular weight is 303 g/mol. The highest BCUT2D eigenvalue weighted by atomic mass is 35.5. The third kappa shape index (κ3) is 4.67. The van der Waals surface area contributed by atoms with Crippen molar-refractivity contribution in [2.45, 2.75) is 19.3 Å². The van der Waals surface area contributed by atoms with E-state index in [0.29, 0.717) is 13.0 Å². The molecule has 0 aliphatic carbocycles. The van der Waals surface area contributed by atoms with E-state index in [4.69, 9.17) is 16.3 Å². The minimum atomic E-state index is -0.768. The lowest BCUT2D eigenvalue weighted by atomic mass is 10.2. The summed E-state index contributed by atoms with van der Waals surface area (Å²) in [6, 6.07) is 2.28. The molecule has 0 aliphatic rings. The van der Waals surface area contributed by atoms with Crippen LogP contribution in [0.25, 0.3) is 0 Å². The molecule has 110 valence electrons. The minimum Gasteiger partial charge on any atom is -0.501 e. The van der Waals surface area contributed by atoms with E-state index in [0.717, 1.165) is 12.5 Å². The van der Waals surface area contributed by atoms with Crippen LogP contribution < -0.4 is 5.32 Å². The lowest BCUT2D eigenvalue weighted by molar-refractivity contribution is -0.385. The van der Waals surface area contributed by atoms with Gasteiger partial charge >= 0.3 is 5.69 Å². The van der Waals surface area contributed by atoms with Crippen molar-refractivity contribution < 1.29 is 19.6 Å². The van der Waals surface area contributed by atoms with Crippen LogP contribution in [-0.2, 0) is 9.53 Å². The lowest BCUT2D eigenvalue weighted by Gasteiger charge is -2.08. The highest BCUT2D eigenvalue weighted by Gasteiger charge is 2.19. The molecule has 20 heavy (non-hydrogen) atoms. The first kappa shape index (κ1) is 16.2. The van der Waals surface area contributed by atoms with Crippen LogP contribution in [0.4, 0.5) is 11.4 Å². The third-order valence-corrected chi connectivity index (χ3v) is 2.75. The molecule has 0 fully saturated rings. The summed E-state index contributed by atoms with van der Waals surface area (Å²) < 4.78 is 4.85. The fraction of sp³-hybridized carbons (Fsp3) is 0.417. The van der Waals surface area contributed by atoms with Gasteiger partial charge in [0.15, 0.2) is 0 Å². The zero-order valence-corrected chi connectivity index (χ0v) is 11.6. The second-order valence-corrected chi connectivity index (χ2v) is 4.51. The van der Waals surface area contributed by atoms with Crippen LogP contribution in [0.15, 0.2) is 12.1 Å². The summed E-state index contributed by atoms with van der Waals surface area (Å²) in [5.74, 6) is -0.961. The van der Waals surface area contributed by atoms with Crippen molar-refractivity contribution in [3.63, 3.8) is 0 Å². The van der Waals surface area contributed by atoms with E-state index in [1.165, 1.54) is 6.07 Å².